The second-order valence-electron chi connectivity index (χ2n) is 6.98. The maximum absolute atomic E-state index is 13.5. The summed E-state index contributed by atoms with van der Waals surface area (Å²) in [6.45, 7) is 7.47. The van der Waals surface area contributed by atoms with E-state index in [2.05, 4.69) is 11.6 Å². The molecule has 0 saturated carbocycles. The quantitative estimate of drug-likeness (QED) is 0.310. The molecule has 148 valence electrons. The van der Waals surface area contributed by atoms with Gasteiger partial charge in [-0.2, -0.15) is 0 Å². The summed E-state index contributed by atoms with van der Waals surface area (Å²) in [6.07, 6.45) is 3.71. The fraction of sp³-hybridized carbons (Fsp3) is 0.217. The van der Waals surface area contributed by atoms with Crippen molar-refractivity contribution in [1.82, 2.24) is 9.55 Å². The topological polar surface area (TPSA) is 78.0 Å². The van der Waals surface area contributed by atoms with Crippen LogP contribution in [-0.4, -0.2) is 20.3 Å². The van der Waals surface area contributed by atoms with E-state index >= 15 is 0 Å². The predicted molar refractivity (Wildman–Crippen MR) is 112 cm³/mol. The molecule has 6 nitrogen and oxygen atoms in total. The number of ketones is 1. The van der Waals surface area contributed by atoms with E-state index in [4.69, 9.17) is 0 Å². The van der Waals surface area contributed by atoms with Crippen LogP contribution in [0.15, 0.2) is 79.3 Å². The van der Waals surface area contributed by atoms with Crippen molar-refractivity contribution in [2.45, 2.75) is 26.2 Å². The van der Waals surface area contributed by atoms with E-state index in [9.17, 15) is 14.9 Å². The molecule has 2 atom stereocenters. The maximum atomic E-state index is 13.5. The minimum absolute atomic E-state index is 0.186. The molecule has 1 aromatic heterocycles. The first-order chi connectivity index (χ1) is 13.9. The van der Waals surface area contributed by atoms with Crippen molar-refractivity contribution in [2.75, 3.05) is 0 Å². The Hall–Kier alpha value is -3.54. The van der Waals surface area contributed by atoms with Crippen molar-refractivity contribution in [1.29, 1.82) is 0 Å². The molecule has 0 aliphatic rings. The van der Waals surface area contributed by atoms with Crippen molar-refractivity contribution in [2.24, 2.45) is 5.92 Å². The van der Waals surface area contributed by atoms with Gasteiger partial charge in [-0.3, -0.25) is 19.5 Å². The van der Waals surface area contributed by atoms with Crippen molar-refractivity contribution in [3.8, 4) is 5.69 Å². The first-order valence-corrected chi connectivity index (χ1v) is 9.46. The molecule has 0 aliphatic heterocycles. The van der Waals surface area contributed by atoms with Gasteiger partial charge in [-0.25, -0.2) is 4.98 Å². The highest BCUT2D eigenvalue weighted by Crippen LogP contribution is 2.36. The van der Waals surface area contributed by atoms with Gasteiger partial charge in [0.1, 0.15) is 0 Å². The molecule has 2 aromatic carbocycles. The number of hydrogen-bond acceptors (Lipinski definition) is 4. The Labute approximate surface area is 169 Å². The first-order valence-electron chi connectivity index (χ1n) is 9.46. The number of benzene rings is 2. The van der Waals surface area contributed by atoms with Crippen LogP contribution < -0.4 is 0 Å². The van der Waals surface area contributed by atoms with Crippen LogP contribution in [0.5, 0.6) is 0 Å². The molecule has 29 heavy (non-hydrogen) atoms. The second kappa shape index (κ2) is 8.65. The number of nitrogens with zero attached hydrogens (tertiary/aromatic N) is 3. The molecule has 3 rings (SSSR count). The van der Waals surface area contributed by atoms with Crippen LogP contribution in [0.25, 0.3) is 5.69 Å². The highest BCUT2D eigenvalue weighted by molar-refractivity contribution is 5.96. The average Bonchev–Trinajstić information content (AvgIpc) is 3.21. The summed E-state index contributed by atoms with van der Waals surface area (Å²) in [5.74, 6) is -1.37. The third kappa shape index (κ3) is 4.16. The average molecular weight is 389 g/mol. The van der Waals surface area contributed by atoms with Crippen LogP contribution in [0, 0.1) is 23.0 Å². The zero-order valence-electron chi connectivity index (χ0n) is 16.5. The lowest BCUT2D eigenvalue weighted by Crippen LogP contribution is -2.28. The molecular formula is C23H23N3O3. The van der Waals surface area contributed by atoms with Gasteiger partial charge in [-0.05, 0) is 37.6 Å². The smallest absolute Gasteiger partial charge is 0.247 e. The monoisotopic (exact) mass is 389 g/mol. The molecule has 0 amide bonds. The SMILES string of the molecule is C=C(C(c1cccc(C)c1)C(CC)C(=O)c1nccn1-c1ccccc1)[N+](=O)[O-]. The summed E-state index contributed by atoms with van der Waals surface area (Å²) in [4.78, 5) is 28.9. The molecule has 0 radical (unpaired) electrons. The molecule has 0 saturated heterocycles. The van der Waals surface area contributed by atoms with E-state index in [-0.39, 0.29) is 17.3 Å². The summed E-state index contributed by atoms with van der Waals surface area (Å²) >= 11 is 0. The van der Waals surface area contributed by atoms with Crippen LogP contribution in [0.2, 0.25) is 0 Å². The number of carbonyl (C=O) groups is 1. The Morgan fingerprint density at radius 2 is 1.93 bits per heavy atom. The summed E-state index contributed by atoms with van der Waals surface area (Å²) in [5.41, 5.74) is 2.30. The predicted octanol–water partition coefficient (Wildman–Crippen LogP) is 4.96. The van der Waals surface area contributed by atoms with Gasteiger partial charge in [0.05, 0.1) is 10.8 Å². The fourth-order valence-corrected chi connectivity index (χ4v) is 3.66. The molecule has 0 fully saturated rings. The van der Waals surface area contributed by atoms with E-state index in [1.165, 1.54) is 0 Å². The molecule has 0 N–H and O–H groups in total. The number of hydrogen-bond donors (Lipinski definition) is 0. The standard InChI is InChI=1S/C23H23N3O3/c1-4-20(21(17(3)26(28)29)18-10-8-9-16(2)15-18)22(27)23-24-13-14-25(23)19-11-6-5-7-12-19/h5-15,20-21H,3-4H2,1-2H3. The van der Waals surface area contributed by atoms with E-state index in [1.807, 2.05) is 68.4 Å². The van der Waals surface area contributed by atoms with Gasteiger partial charge in [0, 0.05) is 24.0 Å². The Kier molecular flexibility index (Phi) is 6.02. The lowest BCUT2D eigenvalue weighted by molar-refractivity contribution is -0.430. The zero-order valence-corrected chi connectivity index (χ0v) is 16.5. The maximum Gasteiger partial charge on any atom is 0.247 e. The van der Waals surface area contributed by atoms with Crippen molar-refractivity contribution in [3.05, 3.63) is 106 Å². The largest absolute Gasteiger partial charge is 0.297 e. The number of aryl methyl sites for hydroxylation is 1. The Bertz CT molecular complexity index is 1040. The lowest BCUT2D eigenvalue weighted by atomic mass is 9.79. The molecule has 2 unspecified atom stereocenters. The number of Topliss-reactive ketones (excluding diaryl/α,β-unsaturated/α-hetero) is 1. The van der Waals surface area contributed by atoms with Crippen LogP contribution in [-0.2, 0) is 0 Å². The summed E-state index contributed by atoms with van der Waals surface area (Å²) < 4.78 is 1.72. The highest BCUT2D eigenvalue weighted by Gasteiger charge is 2.38. The number of imidazole rings is 1. The third-order valence-corrected chi connectivity index (χ3v) is 5.07. The zero-order chi connectivity index (χ0) is 21.0. The van der Waals surface area contributed by atoms with Crippen LogP contribution >= 0.6 is 0 Å². The molecule has 3 aromatic rings. The van der Waals surface area contributed by atoms with Crippen molar-refractivity contribution < 1.29 is 9.72 Å². The van der Waals surface area contributed by atoms with Gasteiger partial charge in [-0.1, -0.05) is 55.0 Å². The van der Waals surface area contributed by atoms with Gasteiger partial charge in [-0.15, -0.1) is 0 Å². The highest BCUT2D eigenvalue weighted by atomic mass is 16.6. The number of rotatable bonds is 8. The van der Waals surface area contributed by atoms with Gasteiger partial charge in [0.2, 0.25) is 11.5 Å². The number of allylic oxidation sites excluding steroid dienone is 1. The fourth-order valence-electron chi connectivity index (χ4n) is 3.66. The van der Waals surface area contributed by atoms with Crippen molar-refractivity contribution >= 4 is 5.78 Å². The molecule has 0 aliphatic carbocycles. The van der Waals surface area contributed by atoms with Gasteiger partial charge < -0.3 is 0 Å². The van der Waals surface area contributed by atoms with Gasteiger partial charge in [0.15, 0.2) is 5.82 Å². The molecule has 0 bridgehead atoms. The Morgan fingerprint density at radius 3 is 2.55 bits per heavy atom. The van der Waals surface area contributed by atoms with E-state index in [0.29, 0.717) is 12.0 Å². The van der Waals surface area contributed by atoms with Gasteiger partial charge >= 0.3 is 0 Å². The summed E-state index contributed by atoms with van der Waals surface area (Å²) in [6, 6.07) is 16.9. The number of carbonyl (C=O) groups excluding carboxylic acids is 1. The minimum atomic E-state index is -0.733. The molecule has 1 heterocycles. The lowest BCUT2D eigenvalue weighted by Gasteiger charge is -2.23. The van der Waals surface area contributed by atoms with E-state index < -0.39 is 16.8 Å². The van der Waals surface area contributed by atoms with Crippen LogP contribution in [0.1, 0.15) is 41.0 Å². The van der Waals surface area contributed by atoms with Crippen LogP contribution in [0.3, 0.4) is 0 Å². The third-order valence-electron chi connectivity index (χ3n) is 5.07. The number of aromatic nitrogens is 2. The first kappa shape index (κ1) is 20.2. The Morgan fingerprint density at radius 1 is 1.21 bits per heavy atom. The minimum Gasteiger partial charge on any atom is -0.297 e. The summed E-state index contributed by atoms with van der Waals surface area (Å²) in [5, 5.41) is 11.6. The van der Waals surface area contributed by atoms with E-state index in [0.717, 1.165) is 11.3 Å². The number of nitro groups is 1. The number of para-hydroxylation sites is 1. The van der Waals surface area contributed by atoms with E-state index in [1.54, 1.807) is 17.0 Å². The summed E-state index contributed by atoms with van der Waals surface area (Å²) in [7, 11) is 0. The second-order valence-corrected chi connectivity index (χ2v) is 6.98. The van der Waals surface area contributed by atoms with Crippen LogP contribution in [0.4, 0.5) is 0 Å². The van der Waals surface area contributed by atoms with Gasteiger partial charge in [0.25, 0.3) is 0 Å². The molecular weight excluding hydrogens is 366 g/mol. The molecule has 6 heteroatoms. The Balaban J connectivity index is 2.06. The molecule has 0 spiro atoms. The normalized spacial score (nSPS) is 12.9. The van der Waals surface area contributed by atoms with Crippen molar-refractivity contribution in [3.63, 3.8) is 0 Å².